The van der Waals surface area contributed by atoms with Gasteiger partial charge in [-0.05, 0) is 31.0 Å². The van der Waals surface area contributed by atoms with Crippen LogP contribution in [0.15, 0.2) is 18.2 Å². The van der Waals surface area contributed by atoms with E-state index in [0.717, 1.165) is 25.1 Å². The first-order valence-electron chi connectivity index (χ1n) is 6.45. The number of anilines is 1. The van der Waals surface area contributed by atoms with E-state index in [1.165, 1.54) is 13.2 Å². The van der Waals surface area contributed by atoms with Gasteiger partial charge in [-0.2, -0.15) is 0 Å². The molecule has 0 radical (unpaired) electrons. The molecule has 1 heterocycles. The Morgan fingerprint density at radius 1 is 1.55 bits per heavy atom. The van der Waals surface area contributed by atoms with Crippen molar-refractivity contribution in [1.29, 1.82) is 0 Å². The number of rotatable bonds is 3. The molecular weight excluding hydrogens is 279 g/mol. The summed E-state index contributed by atoms with van der Waals surface area (Å²) in [5.41, 5.74) is 6.41. The number of piperidine rings is 1. The molecule has 1 aromatic carbocycles. The number of hydrogen-bond donors (Lipinski definition) is 1. The van der Waals surface area contributed by atoms with Crippen molar-refractivity contribution in [3.8, 4) is 0 Å². The molecule has 0 spiro atoms. The van der Waals surface area contributed by atoms with E-state index < -0.39 is 5.82 Å². The summed E-state index contributed by atoms with van der Waals surface area (Å²) in [5.74, 6) is -0.808. The predicted molar refractivity (Wildman–Crippen MR) is 79.2 cm³/mol. The first-order chi connectivity index (χ1) is 9.52. The number of ether oxygens (including phenoxy) is 1. The number of nitrogens with zero attached hydrogens (tertiary/aromatic N) is 1. The predicted octanol–water partition coefficient (Wildman–Crippen LogP) is 1.85. The highest BCUT2D eigenvalue weighted by Crippen LogP contribution is 2.25. The maximum Gasteiger partial charge on any atom is 0.310 e. The molecule has 0 amide bonds. The molecule has 1 saturated heterocycles. The second kappa shape index (κ2) is 6.17. The minimum Gasteiger partial charge on any atom is -0.469 e. The van der Waals surface area contributed by atoms with E-state index in [0.29, 0.717) is 6.54 Å². The molecule has 0 aliphatic carbocycles. The van der Waals surface area contributed by atoms with E-state index in [1.54, 1.807) is 12.1 Å². The molecule has 2 N–H and O–H groups in total. The zero-order valence-electron chi connectivity index (χ0n) is 11.3. The summed E-state index contributed by atoms with van der Waals surface area (Å²) in [6.07, 6.45) is 1.68. The maximum absolute atomic E-state index is 13.9. The largest absolute Gasteiger partial charge is 0.469 e. The van der Waals surface area contributed by atoms with Gasteiger partial charge in [-0.3, -0.25) is 4.79 Å². The summed E-state index contributed by atoms with van der Waals surface area (Å²) in [4.78, 5) is 13.6. The summed E-state index contributed by atoms with van der Waals surface area (Å²) < 4.78 is 18.7. The van der Waals surface area contributed by atoms with Gasteiger partial charge >= 0.3 is 5.97 Å². The summed E-state index contributed by atoms with van der Waals surface area (Å²) in [6.45, 7) is 1.33. The van der Waals surface area contributed by atoms with Crippen LogP contribution in [0.25, 0.3) is 0 Å². The van der Waals surface area contributed by atoms with Gasteiger partial charge in [0, 0.05) is 24.3 Å². The second-order valence-corrected chi connectivity index (χ2v) is 5.28. The lowest BCUT2D eigenvalue weighted by atomic mass is 9.97. The lowest BCUT2D eigenvalue weighted by molar-refractivity contribution is -0.145. The molecule has 1 aliphatic heterocycles. The van der Waals surface area contributed by atoms with E-state index in [4.69, 9.17) is 22.7 Å². The van der Waals surface area contributed by atoms with Crippen LogP contribution in [0.1, 0.15) is 18.4 Å². The van der Waals surface area contributed by atoms with Gasteiger partial charge in [-0.1, -0.05) is 12.2 Å². The molecule has 0 bridgehead atoms. The number of carbonyl (C=O) groups excluding carboxylic acids is 1. The minimum atomic E-state index is -0.435. The Kier molecular flexibility index (Phi) is 4.54. The Labute approximate surface area is 122 Å². The monoisotopic (exact) mass is 296 g/mol. The van der Waals surface area contributed by atoms with Gasteiger partial charge in [-0.15, -0.1) is 0 Å². The molecule has 0 aromatic heterocycles. The Morgan fingerprint density at radius 2 is 2.30 bits per heavy atom. The van der Waals surface area contributed by atoms with Crippen LogP contribution in [0.3, 0.4) is 0 Å². The molecule has 20 heavy (non-hydrogen) atoms. The smallest absolute Gasteiger partial charge is 0.310 e. The molecule has 1 atom stereocenters. The molecule has 6 heteroatoms. The first kappa shape index (κ1) is 14.7. The van der Waals surface area contributed by atoms with Crippen LogP contribution in [0.2, 0.25) is 0 Å². The quantitative estimate of drug-likeness (QED) is 0.681. The second-order valence-electron chi connectivity index (χ2n) is 4.84. The SMILES string of the molecule is COC(=O)C1CCCN(c2ccc(C(N)=S)c(F)c2)C1. The van der Waals surface area contributed by atoms with Crippen molar-refractivity contribution in [3.63, 3.8) is 0 Å². The van der Waals surface area contributed by atoms with Crippen LogP contribution < -0.4 is 10.6 Å². The van der Waals surface area contributed by atoms with Gasteiger partial charge < -0.3 is 15.4 Å². The molecule has 1 aromatic rings. The summed E-state index contributed by atoms with van der Waals surface area (Å²) in [5, 5.41) is 0. The fraction of sp³-hybridized carbons (Fsp3) is 0.429. The topological polar surface area (TPSA) is 55.6 Å². The van der Waals surface area contributed by atoms with Crippen LogP contribution in [0.4, 0.5) is 10.1 Å². The van der Waals surface area contributed by atoms with Crippen molar-refractivity contribution in [1.82, 2.24) is 0 Å². The Morgan fingerprint density at radius 3 is 2.90 bits per heavy atom. The summed E-state index contributed by atoms with van der Waals surface area (Å²) in [7, 11) is 1.39. The van der Waals surface area contributed by atoms with E-state index in [-0.39, 0.29) is 22.4 Å². The number of hydrogen-bond acceptors (Lipinski definition) is 4. The lowest BCUT2D eigenvalue weighted by Crippen LogP contribution is -2.39. The van der Waals surface area contributed by atoms with Crippen LogP contribution >= 0.6 is 12.2 Å². The van der Waals surface area contributed by atoms with Crippen molar-refractivity contribution in [3.05, 3.63) is 29.6 Å². The highest BCUT2D eigenvalue weighted by Gasteiger charge is 2.26. The average Bonchev–Trinajstić information content (AvgIpc) is 2.46. The van der Waals surface area contributed by atoms with Gasteiger partial charge in [-0.25, -0.2) is 4.39 Å². The van der Waals surface area contributed by atoms with Gasteiger partial charge in [0.2, 0.25) is 0 Å². The average molecular weight is 296 g/mol. The lowest BCUT2D eigenvalue weighted by Gasteiger charge is -2.33. The fourth-order valence-corrected chi connectivity index (χ4v) is 2.64. The van der Waals surface area contributed by atoms with E-state index in [9.17, 15) is 9.18 Å². The highest BCUT2D eigenvalue weighted by molar-refractivity contribution is 7.80. The van der Waals surface area contributed by atoms with E-state index >= 15 is 0 Å². The van der Waals surface area contributed by atoms with Gasteiger partial charge in [0.15, 0.2) is 0 Å². The molecule has 2 rings (SSSR count). The number of carbonyl (C=O) groups is 1. The summed E-state index contributed by atoms with van der Waals surface area (Å²) >= 11 is 4.78. The third-order valence-electron chi connectivity index (χ3n) is 3.54. The maximum atomic E-state index is 13.9. The first-order valence-corrected chi connectivity index (χ1v) is 6.86. The highest BCUT2D eigenvalue weighted by atomic mass is 32.1. The van der Waals surface area contributed by atoms with Gasteiger partial charge in [0.25, 0.3) is 0 Å². The minimum absolute atomic E-state index is 0.0418. The van der Waals surface area contributed by atoms with Crippen molar-refractivity contribution < 1.29 is 13.9 Å². The standard InChI is InChI=1S/C14H17FN2O2S/c1-19-14(18)9-3-2-6-17(8-9)10-4-5-11(13(16)20)12(15)7-10/h4-5,7,9H,2-3,6,8H2,1H3,(H2,16,20). The van der Waals surface area contributed by atoms with Crippen molar-refractivity contribution in [2.45, 2.75) is 12.8 Å². The third-order valence-corrected chi connectivity index (χ3v) is 3.76. The zero-order chi connectivity index (χ0) is 14.7. The molecule has 1 unspecified atom stereocenters. The Bertz CT molecular complexity index is 536. The number of methoxy groups -OCH3 is 1. The number of halogens is 1. The molecule has 1 fully saturated rings. The third kappa shape index (κ3) is 3.07. The number of esters is 1. The molecule has 1 aliphatic rings. The van der Waals surface area contributed by atoms with Gasteiger partial charge in [0.1, 0.15) is 10.8 Å². The fourth-order valence-electron chi connectivity index (χ4n) is 2.47. The van der Waals surface area contributed by atoms with Crippen LogP contribution in [0.5, 0.6) is 0 Å². The van der Waals surface area contributed by atoms with Crippen molar-refractivity contribution >= 4 is 28.9 Å². The molecular formula is C14H17FN2O2S. The molecule has 0 saturated carbocycles. The van der Waals surface area contributed by atoms with Crippen LogP contribution in [0, 0.1) is 11.7 Å². The Balaban J connectivity index is 2.17. The van der Waals surface area contributed by atoms with E-state index in [2.05, 4.69) is 0 Å². The summed E-state index contributed by atoms with van der Waals surface area (Å²) in [6, 6.07) is 4.76. The number of benzene rings is 1. The van der Waals surface area contributed by atoms with Crippen LogP contribution in [-0.2, 0) is 9.53 Å². The van der Waals surface area contributed by atoms with Crippen LogP contribution in [-0.4, -0.2) is 31.2 Å². The van der Waals surface area contributed by atoms with Crippen molar-refractivity contribution in [2.24, 2.45) is 11.7 Å². The molecule has 108 valence electrons. The van der Waals surface area contributed by atoms with E-state index in [1.807, 2.05) is 4.90 Å². The van der Waals surface area contributed by atoms with Gasteiger partial charge in [0.05, 0.1) is 13.0 Å². The molecule has 4 nitrogen and oxygen atoms in total. The normalized spacial score (nSPS) is 18.7. The number of thiocarbonyl (C=S) groups is 1. The number of nitrogens with two attached hydrogens (primary N) is 1. The Hall–Kier alpha value is -1.69. The van der Waals surface area contributed by atoms with Crippen molar-refractivity contribution in [2.75, 3.05) is 25.1 Å². The zero-order valence-corrected chi connectivity index (χ0v) is 12.1.